The van der Waals surface area contributed by atoms with Crippen LogP contribution in [-0.4, -0.2) is 23.9 Å². The van der Waals surface area contributed by atoms with Gasteiger partial charge in [0.25, 0.3) is 0 Å². The Balaban J connectivity index is 0. The molecule has 0 atom stereocenters. The molecule has 0 aromatic carbocycles. The van der Waals surface area contributed by atoms with Gasteiger partial charge in [-0.15, -0.1) is 0 Å². The minimum atomic E-state index is 0. The van der Waals surface area contributed by atoms with E-state index in [1.54, 1.807) is 0 Å². The van der Waals surface area contributed by atoms with Crippen molar-refractivity contribution in [2.24, 2.45) is 0 Å². The molecule has 0 aliphatic heterocycles. The van der Waals surface area contributed by atoms with Crippen molar-refractivity contribution in [3.05, 3.63) is 0 Å². The predicted octanol–water partition coefficient (Wildman–Crippen LogP) is -0.391. The van der Waals surface area contributed by atoms with Crippen LogP contribution in [0.5, 0.6) is 0 Å². The van der Waals surface area contributed by atoms with Crippen molar-refractivity contribution < 1.29 is 69.8 Å². The molecule has 0 nitrogen and oxygen atoms in total. The van der Waals surface area contributed by atoms with Gasteiger partial charge in [0.2, 0.25) is 0 Å². The summed E-state index contributed by atoms with van der Waals surface area (Å²) in [4.78, 5) is 0. The van der Waals surface area contributed by atoms with Gasteiger partial charge < -0.3 is 0 Å². The maximum absolute atomic E-state index is 0. The summed E-state index contributed by atoms with van der Waals surface area (Å²) in [6, 6.07) is 0. The van der Waals surface area contributed by atoms with Crippen LogP contribution in [0.4, 0.5) is 0 Å². The summed E-state index contributed by atoms with van der Waals surface area (Å²) in [6.07, 6.45) is 0. The summed E-state index contributed by atoms with van der Waals surface area (Å²) in [5.41, 5.74) is 0. The van der Waals surface area contributed by atoms with Crippen molar-refractivity contribution in [2.45, 2.75) is 0 Å². The Kier molecular flexibility index (Phi) is 250. The third kappa shape index (κ3) is 19.6. The van der Waals surface area contributed by atoms with Crippen LogP contribution >= 0.6 is 0 Å². The third-order valence-electron chi connectivity index (χ3n) is 0. The van der Waals surface area contributed by atoms with E-state index in [1.807, 2.05) is 0 Å². The van der Waals surface area contributed by atoms with Gasteiger partial charge in [0, 0.05) is 93.7 Å². The van der Waals surface area contributed by atoms with Crippen LogP contribution in [0, 0.1) is 0 Å². The Morgan fingerprint density at radius 3 is 1.00 bits per heavy atom. The second kappa shape index (κ2) is 28.3. The standard InChI is InChI=1S/Co.Cu.Ni.Sn.Zn. The van der Waals surface area contributed by atoms with Crippen molar-refractivity contribution >= 4 is 23.9 Å². The first kappa shape index (κ1) is 44.2. The first-order chi connectivity index (χ1) is 0. The zero-order valence-corrected chi connectivity index (χ0v) is 10.9. The Labute approximate surface area is 92.3 Å². The Hall–Kier alpha value is 2.94. The first-order valence-corrected chi connectivity index (χ1v) is 0. The van der Waals surface area contributed by atoms with Gasteiger partial charge >= 0.3 is 0 Å². The van der Waals surface area contributed by atoms with Crippen LogP contribution in [0.15, 0.2) is 0 Å². The van der Waals surface area contributed by atoms with E-state index in [2.05, 4.69) is 0 Å². The predicted molar refractivity (Wildman–Crippen MR) is 5.75 cm³/mol. The molecule has 0 aromatic heterocycles. The van der Waals surface area contributed by atoms with Crippen LogP contribution < -0.4 is 0 Å². The molecule has 0 aromatic rings. The van der Waals surface area contributed by atoms with Crippen LogP contribution in [0.1, 0.15) is 0 Å². The Morgan fingerprint density at radius 2 is 1.00 bits per heavy atom. The average molecular weight is 365 g/mol. The molecular weight excluding hydrogens is 365 g/mol. The van der Waals surface area contributed by atoms with Gasteiger partial charge in [-0.3, -0.25) is 0 Å². The molecule has 0 bridgehead atoms. The molecule has 0 unspecified atom stereocenters. The van der Waals surface area contributed by atoms with E-state index in [0.717, 1.165) is 0 Å². The minimum absolute atomic E-state index is 0. The third-order valence-corrected chi connectivity index (χ3v) is 0. The van der Waals surface area contributed by atoms with Crippen molar-refractivity contribution in [2.75, 3.05) is 0 Å². The maximum atomic E-state index is 0. The molecule has 0 fully saturated rings. The molecule has 0 rings (SSSR count). The molecule has 36 valence electrons. The Bertz CT molecular complexity index is 11.6. The van der Waals surface area contributed by atoms with E-state index in [-0.39, 0.29) is 93.7 Å². The quantitative estimate of drug-likeness (QED) is 0.513. The van der Waals surface area contributed by atoms with Crippen molar-refractivity contribution in [1.82, 2.24) is 0 Å². The SMILES string of the molecule is [Co].[Cu].[Ni].[Sn].[Zn]. The molecule has 0 aliphatic rings. The van der Waals surface area contributed by atoms with Gasteiger partial charge in [-0.25, -0.2) is 0 Å². The summed E-state index contributed by atoms with van der Waals surface area (Å²) in [6.45, 7) is 0. The zero-order chi connectivity index (χ0) is 0. The van der Waals surface area contributed by atoms with E-state index in [0.29, 0.717) is 0 Å². The molecular formula is CoCuNiSnZn. The number of rotatable bonds is 0. The van der Waals surface area contributed by atoms with Gasteiger partial charge in [-0.2, -0.15) is 0 Å². The molecule has 5 heteroatoms. The van der Waals surface area contributed by atoms with Crippen LogP contribution in [0.3, 0.4) is 0 Å². The molecule has 5 heavy (non-hydrogen) atoms. The van der Waals surface area contributed by atoms with Gasteiger partial charge in [0.05, 0.1) is 0 Å². The van der Waals surface area contributed by atoms with Gasteiger partial charge in [-0.1, -0.05) is 0 Å². The van der Waals surface area contributed by atoms with Crippen LogP contribution in [-0.2, 0) is 69.8 Å². The number of hydrogen-bond donors (Lipinski definition) is 0. The fourth-order valence-electron chi connectivity index (χ4n) is 0. The molecule has 0 spiro atoms. The van der Waals surface area contributed by atoms with Crippen molar-refractivity contribution in [1.29, 1.82) is 0 Å². The second-order valence-electron chi connectivity index (χ2n) is 0. The summed E-state index contributed by atoms with van der Waals surface area (Å²) in [5, 5.41) is 0. The normalized spacial score (nSPS) is 0. The van der Waals surface area contributed by atoms with Gasteiger partial charge in [0.15, 0.2) is 0 Å². The average Bonchev–Trinajstić information content (AvgIpc) is 0. The summed E-state index contributed by atoms with van der Waals surface area (Å²) in [5.74, 6) is 0. The fraction of sp³-hybridized carbons (Fsp3) is 0. The fourth-order valence-corrected chi connectivity index (χ4v) is 0. The molecule has 6 radical (unpaired) electrons. The summed E-state index contributed by atoms with van der Waals surface area (Å²) >= 11 is 0. The molecule has 0 saturated carbocycles. The molecule has 0 heterocycles. The minimum Gasteiger partial charge on any atom is 0 e. The van der Waals surface area contributed by atoms with E-state index < -0.39 is 0 Å². The number of hydrogen-bond acceptors (Lipinski definition) is 0. The van der Waals surface area contributed by atoms with E-state index in [9.17, 15) is 0 Å². The monoisotopic (exact) mass is 364 g/mol. The van der Waals surface area contributed by atoms with Crippen molar-refractivity contribution in [3.8, 4) is 0 Å². The van der Waals surface area contributed by atoms with E-state index >= 15 is 0 Å². The van der Waals surface area contributed by atoms with Gasteiger partial charge in [0.1, 0.15) is 0 Å². The largest absolute Gasteiger partial charge is 0 e. The molecule has 0 amide bonds. The molecule has 0 saturated heterocycles. The summed E-state index contributed by atoms with van der Waals surface area (Å²) in [7, 11) is 0. The Morgan fingerprint density at radius 1 is 1.00 bits per heavy atom. The first-order valence-electron chi connectivity index (χ1n) is 0. The zero-order valence-electron chi connectivity index (χ0n) is 2.16. The maximum Gasteiger partial charge on any atom is 0 e. The van der Waals surface area contributed by atoms with E-state index in [4.69, 9.17) is 0 Å². The van der Waals surface area contributed by atoms with Crippen LogP contribution in [0.25, 0.3) is 0 Å². The van der Waals surface area contributed by atoms with E-state index in [1.165, 1.54) is 0 Å². The summed E-state index contributed by atoms with van der Waals surface area (Å²) < 4.78 is 0. The molecule has 0 N–H and O–H groups in total. The topological polar surface area (TPSA) is 0 Å². The van der Waals surface area contributed by atoms with Gasteiger partial charge in [-0.05, 0) is 0 Å². The van der Waals surface area contributed by atoms with Crippen LogP contribution in [0.2, 0.25) is 0 Å². The second-order valence-corrected chi connectivity index (χ2v) is 0. The van der Waals surface area contributed by atoms with Crippen molar-refractivity contribution in [3.63, 3.8) is 0 Å². The molecule has 0 aliphatic carbocycles. The smallest absolute Gasteiger partial charge is 0 e.